The number of carbonyl (C=O) groups is 1. The first-order chi connectivity index (χ1) is 6.13. The maximum atomic E-state index is 10.4. The molecule has 0 saturated carbocycles. The van der Waals surface area contributed by atoms with Gasteiger partial charge in [-0.1, -0.05) is 13.0 Å². The minimum atomic E-state index is -0.0361. The zero-order chi connectivity index (χ0) is 9.84. The van der Waals surface area contributed by atoms with Gasteiger partial charge in [0.2, 0.25) is 0 Å². The van der Waals surface area contributed by atoms with E-state index in [9.17, 15) is 9.90 Å². The second-order valence-electron chi connectivity index (χ2n) is 3.09. The molecule has 0 aliphatic heterocycles. The Hall–Kier alpha value is -0.580. The first-order valence-electron chi connectivity index (χ1n) is 4.06. The molecule has 0 amide bonds. The number of aldehydes is 1. The Morgan fingerprint density at radius 2 is 2.31 bits per heavy atom. The summed E-state index contributed by atoms with van der Waals surface area (Å²) in [7, 11) is 0. The molecule has 1 atom stereocenters. The summed E-state index contributed by atoms with van der Waals surface area (Å²) in [4.78, 5) is 10.4. The van der Waals surface area contributed by atoms with Crippen LogP contribution in [0.3, 0.4) is 0 Å². The molecule has 1 N–H and O–H groups in total. The Balaban J connectivity index is 2.83. The van der Waals surface area contributed by atoms with E-state index in [-0.39, 0.29) is 11.7 Å². The topological polar surface area (TPSA) is 37.3 Å². The van der Waals surface area contributed by atoms with Crippen molar-refractivity contribution in [2.45, 2.75) is 13.3 Å². The second-order valence-corrected chi connectivity index (χ2v) is 4.34. The van der Waals surface area contributed by atoms with Crippen molar-refractivity contribution in [2.75, 3.05) is 0 Å². The fourth-order valence-electron chi connectivity index (χ4n) is 1.10. The third-order valence-electron chi connectivity index (χ3n) is 1.82. The van der Waals surface area contributed by atoms with Gasteiger partial charge in [0, 0.05) is 9.49 Å². The second kappa shape index (κ2) is 4.60. The van der Waals surface area contributed by atoms with Crippen LogP contribution in [0.4, 0.5) is 0 Å². The molecule has 0 bridgehead atoms. The van der Waals surface area contributed by atoms with E-state index in [0.717, 1.165) is 15.4 Å². The van der Waals surface area contributed by atoms with Gasteiger partial charge >= 0.3 is 0 Å². The minimum Gasteiger partial charge on any atom is -0.508 e. The molecular weight excluding hydrogens is 279 g/mol. The molecule has 1 unspecified atom stereocenters. The summed E-state index contributed by atoms with van der Waals surface area (Å²) in [5, 5.41) is 9.52. The Labute approximate surface area is 91.1 Å². The van der Waals surface area contributed by atoms with Crippen molar-refractivity contribution < 1.29 is 9.90 Å². The highest BCUT2D eigenvalue weighted by molar-refractivity contribution is 14.1. The van der Waals surface area contributed by atoms with Crippen molar-refractivity contribution in [3.63, 3.8) is 0 Å². The minimum absolute atomic E-state index is 0.0361. The van der Waals surface area contributed by atoms with Crippen LogP contribution in [-0.4, -0.2) is 11.4 Å². The molecule has 0 radical (unpaired) electrons. The summed E-state index contributed by atoms with van der Waals surface area (Å²) < 4.78 is 0.998. The van der Waals surface area contributed by atoms with Crippen LogP contribution in [0, 0.1) is 9.49 Å². The lowest BCUT2D eigenvalue weighted by atomic mass is 10.0. The predicted octanol–water partition coefficient (Wildman–Crippen LogP) is 2.37. The van der Waals surface area contributed by atoms with E-state index in [1.54, 1.807) is 6.07 Å². The fraction of sp³-hybridized carbons (Fsp3) is 0.300. The predicted molar refractivity (Wildman–Crippen MR) is 59.8 cm³/mol. The SMILES string of the molecule is CC(C=O)Cc1ccc(I)cc1O. The molecule has 2 nitrogen and oxygen atoms in total. The molecule has 0 heterocycles. The lowest BCUT2D eigenvalue weighted by Gasteiger charge is -2.06. The van der Waals surface area contributed by atoms with E-state index in [4.69, 9.17) is 0 Å². The van der Waals surface area contributed by atoms with Gasteiger partial charge in [0.15, 0.2) is 0 Å². The van der Waals surface area contributed by atoms with E-state index >= 15 is 0 Å². The van der Waals surface area contributed by atoms with Crippen LogP contribution >= 0.6 is 22.6 Å². The van der Waals surface area contributed by atoms with Crippen LogP contribution in [0.15, 0.2) is 18.2 Å². The number of benzene rings is 1. The maximum Gasteiger partial charge on any atom is 0.123 e. The van der Waals surface area contributed by atoms with Gasteiger partial charge in [0.05, 0.1) is 0 Å². The molecule has 0 aliphatic rings. The van der Waals surface area contributed by atoms with Crippen molar-refractivity contribution in [3.8, 4) is 5.75 Å². The van der Waals surface area contributed by atoms with Crippen LogP contribution in [0.2, 0.25) is 0 Å². The van der Waals surface area contributed by atoms with Crippen LogP contribution in [-0.2, 0) is 11.2 Å². The standard InChI is InChI=1S/C10H11IO2/c1-7(6-12)4-8-2-3-9(11)5-10(8)13/h2-3,5-7,13H,4H2,1H3. The number of hydrogen-bond donors (Lipinski definition) is 1. The third kappa shape index (κ3) is 2.99. The smallest absolute Gasteiger partial charge is 0.123 e. The van der Waals surface area contributed by atoms with Gasteiger partial charge in [-0.2, -0.15) is 0 Å². The monoisotopic (exact) mass is 290 g/mol. The Bertz CT molecular complexity index is 310. The quantitative estimate of drug-likeness (QED) is 0.685. The normalized spacial score (nSPS) is 12.5. The zero-order valence-corrected chi connectivity index (χ0v) is 9.48. The highest BCUT2D eigenvalue weighted by Gasteiger charge is 2.06. The molecule has 70 valence electrons. The molecule has 0 aliphatic carbocycles. The van der Waals surface area contributed by atoms with E-state index in [0.29, 0.717) is 6.42 Å². The fourth-order valence-corrected chi connectivity index (χ4v) is 1.58. The Morgan fingerprint density at radius 3 is 2.85 bits per heavy atom. The van der Waals surface area contributed by atoms with Gasteiger partial charge in [0.25, 0.3) is 0 Å². The average Bonchev–Trinajstić information content (AvgIpc) is 2.09. The summed E-state index contributed by atoms with van der Waals surface area (Å²) in [5.74, 6) is 0.242. The summed E-state index contributed by atoms with van der Waals surface area (Å²) in [5.41, 5.74) is 0.833. The summed E-state index contributed by atoms with van der Waals surface area (Å²) >= 11 is 2.14. The molecule has 0 saturated heterocycles. The summed E-state index contributed by atoms with van der Waals surface area (Å²) in [6.07, 6.45) is 1.50. The van der Waals surface area contributed by atoms with Crippen molar-refractivity contribution in [1.29, 1.82) is 0 Å². The number of phenols is 1. The molecule has 1 aromatic rings. The molecule has 1 aromatic carbocycles. The van der Waals surface area contributed by atoms with Crippen molar-refractivity contribution in [1.82, 2.24) is 0 Å². The lowest BCUT2D eigenvalue weighted by Crippen LogP contribution is -2.00. The van der Waals surface area contributed by atoms with Gasteiger partial charge in [-0.15, -0.1) is 0 Å². The van der Waals surface area contributed by atoms with Gasteiger partial charge in [-0.25, -0.2) is 0 Å². The zero-order valence-electron chi connectivity index (χ0n) is 7.33. The third-order valence-corrected chi connectivity index (χ3v) is 2.49. The van der Waals surface area contributed by atoms with Crippen LogP contribution in [0.1, 0.15) is 12.5 Å². The molecule has 0 fully saturated rings. The summed E-state index contributed by atoms with van der Waals surface area (Å²) in [6.45, 7) is 1.84. The number of aromatic hydroxyl groups is 1. The van der Waals surface area contributed by atoms with E-state index in [1.807, 2.05) is 19.1 Å². The number of phenolic OH excluding ortho intramolecular Hbond substituents is 1. The first-order valence-corrected chi connectivity index (χ1v) is 5.14. The molecule has 3 heteroatoms. The van der Waals surface area contributed by atoms with E-state index < -0.39 is 0 Å². The largest absolute Gasteiger partial charge is 0.508 e. The number of carbonyl (C=O) groups excluding carboxylic acids is 1. The molecule has 1 rings (SSSR count). The van der Waals surface area contributed by atoms with Crippen molar-refractivity contribution in [3.05, 3.63) is 27.3 Å². The van der Waals surface area contributed by atoms with Crippen molar-refractivity contribution in [2.24, 2.45) is 5.92 Å². The molecule has 0 aromatic heterocycles. The lowest BCUT2D eigenvalue weighted by molar-refractivity contribution is -0.110. The Kier molecular flexibility index (Phi) is 3.71. The van der Waals surface area contributed by atoms with Gasteiger partial charge < -0.3 is 9.90 Å². The van der Waals surface area contributed by atoms with E-state index in [1.165, 1.54) is 0 Å². The van der Waals surface area contributed by atoms with Gasteiger partial charge in [0.1, 0.15) is 12.0 Å². The highest BCUT2D eigenvalue weighted by atomic mass is 127. The molecule has 13 heavy (non-hydrogen) atoms. The maximum absolute atomic E-state index is 10.4. The summed E-state index contributed by atoms with van der Waals surface area (Å²) in [6, 6.07) is 5.48. The number of halogens is 1. The highest BCUT2D eigenvalue weighted by Crippen LogP contribution is 2.22. The van der Waals surface area contributed by atoms with Gasteiger partial charge in [-0.3, -0.25) is 0 Å². The number of rotatable bonds is 3. The Morgan fingerprint density at radius 1 is 1.62 bits per heavy atom. The van der Waals surface area contributed by atoms with Crippen LogP contribution in [0.25, 0.3) is 0 Å². The van der Waals surface area contributed by atoms with Crippen LogP contribution in [0.5, 0.6) is 5.75 Å². The van der Waals surface area contributed by atoms with Crippen molar-refractivity contribution >= 4 is 28.9 Å². The molecule has 0 spiro atoms. The molecular formula is C10H11IO2. The number of hydrogen-bond acceptors (Lipinski definition) is 2. The first kappa shape index (κ1) is 10.5. The van der Waals surface area contributed by atoms with Gasteiger partial charge in [-0.05, 0) is 46.7 Å². The van der Waals surface area contributed by atoms with E-state index in [2.05, 4.69) is 22.6 Å². The average molecular weight is 290 g/mol. The van der Waals surface area contributed by atoms with Crippen LogP contribution < -0.4 is 0 Å².